The van der Waals surface area contributed by atoms with Crippen LogP contribution in [-0.4, -0.2) is 12.5 Å². The van der Waals surface area contributed by atoms with Gasteiger partial charge in [-0.1, -0.05) is 17.7 Å². The van der Waals surface area contributed by atoms with Crippen LogP contribution in [0.3, 0.4) is 0 Å². The summed E-state index contributed by atoms with van der Waals surface area (Å²) in [6, 6.07) is 8.05. The molecule has 4 rings (SSSR count). The lowest BCUT2D eigenvalue weighted by molar-refractivity contribution is -0.137. The van der Waals surface area contributed by atoms with Gasteiger partial charge in [-0.3, -0.25) is 4.79 Å². The third kappa shape index (κ3) is 4.83. The van der Waals surface area contributed by atoms with Crippen LogP contribution in [0.2, 0.25) is 5.02 Å². The van der Waals surface area contributed by atoms with E-state index in [4.69, 9.17) is 22.1 Å². The molecule has 1 amide bonds. The molecule has 2 aromatic carbocycles. The fourth-order valence-corrected chi connectivity index (χ4v) is 4.87. The van der Waals surface area contributed by atoms with Crippen LogP contribution in [0.1, 0.15) is 64.2 Å². The van der Waals surface area contributed by atoms with Gasteiger partial charge in [0.25, 0.3) is 0 Å². The van der Waals surface area contributed by atoms with Crippen molar-refractivity contribution in [3.63, 3.8) is 0 Å². The van der Waals surface area contributed by atoms with Crippen LogP contribution in [0.25, 0.3) is 0 Å². The first-order valence-electron chi connectivity index (χ1n) is 10.4. The number of primary amides is 1. The van der Waals surface area contributed by atoms with E-state index in [1.165, 1.54) is 11.1 Å². The molecule has 0 spiro atoms. The highest BCUT2D eigenvalue weighted by atomic mass is 35.5. The van der Waals surface area contributed by atoms with Crippen LogP contribution in [0, 0.1) is 5.92 Å². The quantitative estimate of drug-likeness (QED) is 0.596. The van der Waals surface area contributed by atoms with E-state index >= 15 is 0 Å². The molecule has 8 heteroatoms. The Balaban J connectivity index is 1.41. The van der Waals surface area contributed by atoms with Gasteiger partial charge in [-0.05, 0) is 78.5 Å². The molecule has 1 aliphatic heterocycles. The lowest BCUT2D eigenvalue weighted by Gasteiger charge is -2.30. The van der Waals surface area contributed by atoms with Crippen molar-refractivity contribution in [2.24, 2.45) is 11.7 Å². The number of alkyl halides is 3. The first-order chi connectivity index (χ1) is 14.7. The maximum absolute atomic E-state index is 13.3. The summed E-state index contributed by atoms with van der Waals surface area (Å²) in [6.07, 6.45) is -1.41. The van der Waals surface area contributed by atoms with Gasteiger partial charge >= 0.3 is 6.18 Å². The van der Waals surface area contributed by atoms with E-state index in [9.17, 15) is 18.0 Å². The maximum atomic E-state index is 13.3. The molecule has 31 heavy (non-hydrogen) atoms. The summed E-state index contributed by atoms with van der Waals surface area (Å²) in [5.74, 6) is -0.655. The Morgan fingerprint density at radius 2 is 1.81 bits per heavy atom. The molecule has 4 nitrogen and oxygen atoms in total. The number of nitrogens with two attached hydrogens (primary N) is 1. The largest absolute Gasteiger partial charge is 0.416 e. The second-order valence-corrected chi connectivity index (χ2v) is 8.74. The van der Waals surface area contributed by atoms with Gasteiger partial charge in [0.05, 0.1) is 29.4 Å². The number of amides is 1. The van der Waals surface area contributed by atoms with Crippen LogP contribution >= 0.6 is 11.6 Å². The Kier molecular flexibility index (Phi) is 6.17. The summed E-state index contributed by atoms with van der Waals surface area (Å²) < 4.78 is 45.4. The molecule has 166 valence electrons. The van der Waals surface area contributed by atoms with Gasteiger partial charge in [-0.25, -0.2) is 0 Å². The zero-order chi connectivity index (χ0) is 22.2. The van der Waals surface area contributed by atoms with Crippen LogP contribution in [-0.2, 0) is 24.1 Å². The third-order valence-electron chi connectivity index (χ3n) is 6.30. The SMILES string of the molecule is NC(=O)c1cc(C(F)(F)F)cc(C2CCC(CNc3ccc4c(c3)COC4)CC2)c1Cl. The predicted octanol–water partition coefficient (Wildman–Crippen LogP) is 5.87. The molecule has 0 unspecified atom stereocenters. The van der Waals surface area contributed by atoms with Crippen LogP contribution in [0.4, 0.5) is 18.9 Å². The average molecular weight is 453 g/mol. The highest BCUT2D eigenvalue weighted by molar-refractivity contribution is 6.34. The van der Waals surface area contributed by atoms with Crippen LogP contribution in [0.15, 0.2) is 30.3 Å². The van der Waals surface area contributed by atoms with E-state index in [-0.39, 0.29) is 16.5 Å². The lowest BCUT2D eigenvalue weighted by atomic mass is 9.78. The van der Waals surface area contributed by atoms with Gasteiger partial charge in [0, 0.05) is 12.2 Å². The van der Waals surface area contributed by atoms with Crippen molar-refractivity contribution in [3.8, 4) is 0 Å². The Hall–Kier alpha value is -2.25. The van der Waals surface area contributed by atoms with Crippen LogP contribution < -0.4 is 11.1 Å². The highest BCUT2D eigenvalue weighted by Crippen LogP contribution is 2.42. The predicted molar refractivity (Wildman–Crippen MR) is 113 cm³/mol. The molecule has 1 fully saturated rings. The summed E-state index contributed by atoms with van der Waals surface area (Å²) in [5.41, 5.74) is 7.97. The number of fused-ring (bicyclic) bond motifs is 1. The molecule has 0 radical (unpaired) electrons. The van der Waals surface area contributed by atoms with Crippen molar-refractivity contribution in [3.05, 3.63) is 63.2 Å². The molecular formula is C23H24ClF3N2O2. The zero-order valence-corrected chi connectivity index (χ0v) is 17.7. The van der Waals surface area contributed by atoms with E-state index in [1.807, 2.05) is 6.07 Å². The summed E-state index contributed by atoms with van der Waals surface area (Å²) in [5, 5.41) is 3.52. The van der Waals surface area contributed by atoms with E-state index in [0.29, 0.717) is 37.5 Å². The number of anilines is 1. The normalized spacial score (nSPS) is 21.0. The molecule has 0 bridgehead atoms. The molecule has 3 N–H and O–H groups in total. The molecule has 1 aliphatic carbocycles. The lowest BCUT2D eigenvalue weighted by Crippen LogP contribution is -2.22. The van der Waals surface area contributed by atoms with Gasteiger partial charge in [-0.15, -0.1) is 0 Å². The number of hydrogen-bond acceptors (Lipinski definition) is 3. The number of carbonyl (C=O) groups excluding carboxylic acids is 1. The Morgan fingerprint density at radius 1 is 1.10 bits per heavy atom. The van der Waals surface area contributed by atoms with Crippen molar-refractivity contribution in [2.45, 2.75) is 51.0 Å². The summed E-state index contributed by atoms with van der Waals surface area (Å²) >= 11 is 6.29. The Bertz CT molecular complexity index is 986. The zero-order valence-electron chi connectivity index (χ0n) is 16.9. The van der Waals surface area contributed by atoms with Crippen molar-refractivity contribution < 1.29 is 22.7 Å². The van der Waals surface area contributed by atoms with Crippen LogP contribution in [0.5, 0.6) is 0 Å². The topological polar surface area (TPSA) is 64.4 Å². The maximum Gasteiger partial charge on any atom is 0.416 e. The standard InChI is InChI=1S/C23H24ClF3N2O2/c24-21-19(8-17(23(25,26)27)9-20(21)22(28)30)14-3-1-13(2-4-14)10-29-18-6-5-15-11-31-12-16(15)7-18/h5-9,13-14,29H,1-4,10-12H2,(H2,28,30). The summed E-state index contributed by atoms with van der Waals surface area (Å²) in [7, 11) is 0. The van der Waals surface area contributed by atoms with Gasteiger partial charge in [0.15, 0.2) is 0 Å². The summed E-state index contributed by atoms with van der Waals surface area (Å²) in [4.78, 5) is 11.6. The van der Waals surface area contributed by atoms with Crippen molar-refractivity contribution in [1.82, 2.24) is 0 Å². The van der Waals surface area contributed by atoms with Crippen molar-refractivity contribution >= 4 is 23.2 Å². The average Bonchev–Trinajstić information content (AvgIpc) is 3.19. The van der Waals surface area contributed by atoms with Gasteiger partial charge in [0.2, 0.25) is 5.91 Å². The van der Waals surface area contributed by atoms with E-state index in [0.717, 1.165) is 37.2 Å². The molecule has 2 aliphatic rings. The minimum absolute atomic E-state index is 0.0439. The molecule has 2 aromatic rings. The molecule has 0 saturated heterocycles. The highest BCUT2D eigenvalue weighted by Gasteiger charge is 2.34. The van der Waals surface area contributed by atoms with Gasteiger partial charge < -0.3 is 15.8 Å². The number of rotatable bonds is 5. The molecule has 1 heterocycles. The second kappa shape index (κ2) is 8.71. The van der Waals surface area contributed by atoms with Gasteiger partial charge in [-0.2, -0.15) is 13.2 Å². The Labute approximate surface area is 183 Å². The van der Waals surface area contributed by atoms with Gasteiger partial charge in [0.1, 0.15) is 0 Å². The monoisotopic (exact) mass is 452 g/mol. The number of halogens is 4. The molecule has 0 atom stereocenters. The van der Waals surface area contributed by atoms with Crippen molar-refractivity contribution in [2.75, 3.05) is 11.9 Å². The fourth-order valence-electron chi connectivity index (χ4n) is 4.51. The fraction of sp³-hybridized carbons (Fsp3) is 0.435. The number of carbonyl (C=O) groups is 1. The Morgan fingerprint density at radius 3 is 2.48 bits per heavy atom. The first kappa shape index (κ1) is 22.0. The molecule has 1 saturated carbocycles. The molecular weight excluding hydrogens is 429 g/mol. The number of nitrogens with one attached hydrogen (secondary N) is 1. The number of ether oxygens (including phenoxy) is 1. The minimum atomic E-state index is -4.56. The number of benzene rings is 2. The second-order valence-electron chi connectivity index (χ2n) is 8.36. The molecule has 0 aromatic heterocycles. The first-order valence-corrected chi connectivity index (χ1v) is 10.7. The van der Waals surface area contributed by atoms with E-state index < -0.39 is 17.6 Å². The third-order valence-corrected chi connectivity index (χ3v) is 6.72. The number of hydrogen-bond donors (Lipinski definition) is 2. The van der Waals surface area contributed by atoms with E-state index in [2.05, 4.69) is 17.4 Å². The van der Waals surface area contributed by atoms with E-state index in [1.54, 1.807) is 0 Å². The minimum Gasteiger partial charge on any atom is -0.385 e. The summed E-state index contributed by atoms with van der Waals surface area (Å²) in [6.45, 7) is 2.10. The smallest absolute Gasteiger partial charge is 0.385 e. The van der Waals surface area contributed by atoms with Crippen molar-refractivity contribution in [1.29, 1.82) is 0 Å².